The monoisotopic (exact) mass is 364 g/mol. The van der Waals surface area contributed by atoms with Gasteiger partial charge >= 0.3 is 0 Å². The van der Waals surface area contributed by atoms with E-state index in [1.54, 1.807) is 23.9 Å². The summed E-state index contributed by atoms with van der Waals surface area (Å²) in [5.41, 5.74) is 1.30. The van der Waals surface area contributed by atoms with Crippen LogP contribution < -0.4 is 5.32 Å². The van der Waals surface area contributed by atoms with Crippen LogP contribution in [0.1, 0.15) is 17.3 Å². The van der Waals surface area contributed by atoms with E-state index in [1.165, 1.54) is 13.0 Å². The van der Waals surface area contributed by atoms with Gasteiger partial charge in [0, 0.05) is 21.4 Å². The Morgan fingerprint density at radius 3 is 2.35 bits per heavy atom. The van der Waals surface area contributed by atoms with Crippen LogP contribution in [-0.2, 0) is 0 Å². The third kappa shape index (κ3) is 4.10. The smallest absolute Gasteiger partial charge is 0.293 e. The number of anilines is 2. The molecule has 0 saturated heterocycles. The Bertz CT molecular complexity index is 958. The van der Waals surface area contributed by atoms with Crippen molar-refractivity contribution in [1.29, 1.82) is 0 Å². The number of nitrogens with zero attached hydrogens (tertiary/aromatic N) is 1. The molecule has 0 amide bonds. The highest BCUT2D eigenvalue weighted by molar-refractivity contribution is 7.99. The van der Waals surface area contributed by atoms with Crippen LogP contribution in [0, 0.1) is 10.1 Å². The van der Waals surface area contributed by atoms with Crippen molar-refractivity contribution < 1.29 is 9.72 Å². The van der Waals surface area contributed by atoms with E-state index < -0.39 is 4.92 Å². The van der Waals surface area contributed by atoms with Gasteiger partial charge in [0.15, 0.2) is 5.78 Å². The minimum absolute atomic E-state index is 0.128. The fourth-order valence-electron chi connectivity index (χ4n) is 2.43. The molecule has 0 aliphatic heterocycles. The summed E-state index contributed by atoms with van der Waals surface area (Å²) in [5, 5.41) is 14.5. The average molecular weight is 364 g/mol. The van der Waals surface area contributed by atoms with Crippen LogP contribution in [0.25, 0.3) is 0 Å². The van der Waals surface area contributed by atoms with Crippen molar-refractivity contribution in [2.45, 2.75) is 16.7 Å². The summed E-state index contributed by atoms with van der Waals surface area (Å²) in [6.45, 7) is 1.39. The van der Waals surface area contributed by atoms with E-state index in [0.717, 1.165) is 15.5 Å². The van der Waals surface area contributed by atoms with Gasteiger partial charge in [0.05, 0.1) is 10.6 Å². The van der Waals surface area contributed by atoms with Gasteiger partial charge in [-0.2, -0.15) is 0 Å². The number of nitro benzene ring substituents is 1. The molecule has 0 atom stereocenters. The molecule has 0 radical (unpaired) electrons. The maximum Gasteiger partial charge on any atom is 0.293 e. The van der Waals surface area contributed by atoms with Crippen LogP contribution in [0.15, 0.2) is 82.6 Å². The predicted octanol–water partition coefficient (Wildman–Crippen LogP) is 5.69. The molecule has 0 saturated carbocycles. The SMILES string of the molecule is CC(=O)c1ccc(Nc2ccccc2Sc2ccccc2)c([N+](=O)[O-])c1. The van der Waals surface area contributed by atoms with Crippen LogP contribution >= 0.6 is 11.8 Å². The van der Waals surface area contributed by atoms with E-state index in [4.69, 9.17) is 0 Å². The van der Waals surface area contributed by atoms with Gasteiger partial charge in [-0.1, -0.05) is 42.1 Å². The lowest BCUT2D eigenvalue weighted by molar-refractivity contribution is -0.383. The largest absolute Gasteiger partial charge is 0.349 e. The third-order valence-electron chi connectivity index (χ3n) is 3.73. The number of rotatable bonds is 6. The van der Waals surface area contributed by atoms with E-state index in [-0.39, 0.29) is 11.5 Å². The van der Waals surface area contributed by atoms with E-state index in [1.807, 2.05) is 54.6 Å². The van der Waals surface area contributed by atoms with Crippen molar-refractivity contribution in [3.8, 4) is 0 Å². The molecule has 0 fully saturated rings. The van der Waals surface area contributed by atoms with Crippen LogP contribution in [-0.4, -0.2) is 10.7 Å². The van der Waals surface area contributed by atoms with Gasteiger partial charge in [0.25, 0.3) is 5.69 Å². The van der Waals surface area contributed by atoms with Gasteiger partial charge in [-0.25, -0.2) is 0 Å². The molecular weight excluding hydrogens is 348 g/mol. The number of ketones is 1. The third-order valence-corrected chi connectivity index (χ3v) is 4.81. The van der Waals surface area contributed by atoms with Crippen LogP contribution in [0.3, 0.4) is 0 Å². The van der Waals surface area contributed by atoms with Gasteiger partial charge in [-0.3, -0.25) is 14.9 Å². The first-order valence-electron chi connectivity index (χ1n) is 7.93. The van der Waals surface area contributed by atoms with Gasteiger partial charge in [-0.15, -0.1) is 0 Å². The lowest BCUT2D eigenvalue weighted by Crippen LogP contribution is -2.01. The first-order valence-corrected chi connectivity index (χ1v) is 8.74. The molecule has 3 aromatic carbocycles. The predicted molar refractivity (Wildman–Crippen MR) is 103 cm³/mol. The average Bonchev–Trinajstić information content (AvgIpc) is 2.64. The summed E-state index contributed by atoms with van der Waals surface area (Å²) < 4.78 is 0. The molecule has 26 heavy (non-hydrogen) atoms. The molecule has 0 heterocycles. The lowest BCUT2D eigenvalue weighted by atomic mass is 10.1. The molecule has 130 valence electrons. The number of para-hydroxylation sites is 1. The van der Waals surface area contributed by atoms with Crippen molar-refractivity contribution in [2.75, 3.05) is 5.32 Å². The van der Waals surface area contributed by atoms with Crippen molar-refractivity contribution in [2.24, 2.45) is 0 Å². The second-order valence-corrected chi connectivity index (χ2v) is 6.70. The first kappa shape index (κ1) is 17.7. The van der Waals surface area contributed by atoms with E-state index >= 15 is 0 Å². The minimum atomic E-state index is -0.484. The summed E-state index contributed by atoms with van der Waals surface area (Å²) in [5.74, 6) is -0.209. The second-order valence-electron chi connectivity index (χ2n) is 5.58. The van der Waals surface area contributed by atoms with Gasteiger partial charge < -0.3 is 5.32 Å². The Labute approximate surface area is 155 Å². The molecule has 0 bridgehead atoms. The Morgan fingerprint density at radius 2 is 1.65 bits per heavy atom. The molecule has 3 rings (SSSR count). The summed E-state index contributed by atoms with van der Waals surface area (Å²) in [4.78, 5) is 24.4. The van der Waals surface area contributed by atoms with Gasteiger partial charge in [0.1, 0.15) is 5.69 Å². The molecule has 3 aromatic rings. The van der Waals surface area contributed by atoms with Crippen LogP contribution in [0.4, 0.5) is 17.1 Å². The molecular formula is C20H16N2O3S. The highest BCUT2D eigenvalue weighted by atomic mass is 32.2. The molecule has 5 nitrogen and oxygen atoms in total. The fraction of sp³-hybridized carbons (Fsp3) is 0.0500. The molecule has 0 aliphatic rings. The maximum atomic E-state index is 11.5. The van der Waals surface area contributed by atoms with Crippen LogP contribution in [0.5, 0.6) is 0 Å². The number of carbonyl (C=O) groups excluding carboxylic acids is 1. The zero-order valence-electron chi connectivity index (χ0n) is 14.0. The normalized spacial score (nSPS) is 10.3. The molecule has 1 N–H and O–H groups in total. The second kappa shape index (κ2) is 7.84. The number of nitrogens with one attached hydrogen (secondary N) is 1. The molecule has 0 unspecified atom stereocenters. The van der Waals surface area contributed by atoms with Gasteiger partial charge in [0.2, 0.25) is 0 Å². The highest BCUT2D eigenvalue weighted by Crippen LogP contribution is 2.36. The molecule has 0 aromatic heterocycles. The van der Waals surface area contributed by atoms with Crippen molar-refractivity contribution >= 4 is 34.6 Å². The van der Waals surface area contributed by atoms with E-state index in [2.05, 4.69) is 5.32 Å². The highest BCUT2D eigenvalue weighted by Gasteiger charge is 2.17. The summed E-state index contributed by atoms with van der Waals surface area (Å²) in [6, 6.07) is 22.0. The topological polar surface area (TPSA) is 72.2 Å². The zero-order valence-corrected chi connectivity index (χ0v) is 14.8. The van der Waals surface area contributed by atoms with Crippen molar-refractivity contribution in [3.63, 3.8) is 0 Å². The quantitative estimate of drug-likeness (QED) is 0.345. The Balaban J connectivity index is 1.94. The molecule has 0 spiro atoms. The molecule has 6 heteroatoms. The van der Waals surface area contributed by atoms with Crippen molar-refractivity contribution in [1.82, 2.24) is 0 Å². The standard InChI is InChI=1S/C20H16N2O3S/c1-14(23)15-11-12-17(19(13-15)22(24)25)21-18-9-5-6-10-20(18)26-16-7-3-2-4-8-16/h2-13,21H,1H3. The minimum Gasteiger partial charge on any atom is -0.349 e. The first-order chi connectivity index (χ1) is 12.5. The van der Waals surface area contributed by atoms with Crippen LogP contribution in [0.2, 0.25) is 0 Å². The Kier molecular flexibility index (Phi) is 5.34. The number of hydrogen-bond donors (Lipinski definition) is 1. The number of benzene rings is 3. The molecule has 0 aliphatic carbocycles. The van der Waals surface area contributed by atoms with E-state index in [0.29, 0.717) is 11.3 Å². The Hall–Kier alpha value is -3.12. The summed E-state index contributed by atoms with van der Waals surface area (Å²) in [6.07, 6.45) is 0. The number of Topliss-reactive ketones (excluding diaryl/α,β-unsaturated/α-hetero) is 1. The number of hydrogen-bond acceptors (Lipinski definition) is 5. The van der Waals surface area contributed by atoms with E-state index in [9.17, 15) is 14.9 Å². The summed E-state index contributed by atoms with van der Waals surface area (Å²) in [7, 11) is 0. The van der Waals surface area contributed by atoms with Crippen molar-refractivity contribution in [3.05, 3.63) is 88.5 Å². The number of carbonyl (C=O) groups is 1. The maximum absolute atomic E-state index is 11.5. The zero-order chi connectivity index (χ0) is 18.5. The summed E-state index contributed by atoms with van der Waals surface area (Å²) >= 11 is 1.57. The fourth-order valence-corrected chi connectivity index (χ4v) is 3.35. The van der Waals surface area contributed by atoms with Gasteiger partial charge in [-0.05, 0) is 43.3 Å². The number of nitro groups is 1. The Morgan fingerprint density at radius 1 is 0.962 bits per heavy atom. The lowest BCUT2D eigenvalue weighted by Gasteiger charge is -2.12.